The van der Waals surface area contributed by atoms with E-state index in [1.165, 1.54) is 11.1 Å². The SMILES string of the molecule is CCCNCc1ccc(-c2cc(C)cc(C)c2)cc1F. The van der Waals surface area contributed by atoms with Crippen LogP contribution in [-0.4, -0.2) is 6.54 Å². The summed E-state index contributed by atoms with van der Waals surface area (Å²) in [7, 11) is 0. The van der Waals surface area contributed by atoms with Crippen molar-refractivity contribution in [1.82, 2.24) is 5.32 Å². The Morgan fingerprint density at radius 1 is 0.950 bits per heavy atom. The average molecular weight is 271 g/mol. The zero-order valence-electron chi connectivity index (χ0n) is 12.5. The molecule has 0 aliphatic carbocycles. The van der Waals surface area contributed by atoms with E-state index in [9.17, 15) is 4.39 Å². The highest BCUT2D eigenvalue weighted by molar-refractivity contribution is 5.65. The van der Waals surface area contributed by atoms with E-state index >= 15 is 0 Å². The Balaban J connectivity index is 2.23. The normalized spacial score (nSPS) is 10.8. The van der Waals surface area contributed by atoms with Crippen LogP contribution in [0.3, 0.4) is 0 Å². The molecule has 0 fully saturated rings. The molecule has 0 aliphatic heterocycles. The maximum Gasteiger partial charge on any atom is 0.128 e. The largest absolute Gasteiger partial charge is 0.313 e. The molecule has 1 N–H and O–H groups in total. The van der Waals surface area contributed by atoms with Crippen LogP contribution < -0.4 is 5.32 Å². The van der Waals surface area contributed by atoms with Gasteiger partial charge in [-0.1, -0.05) is 48.4 Å². The first-order chi connectivity index (χ1) is 9.60. The quantitative estimate of drug-likeness (QED) is 0.783. The molecule has 2 heteroatoms. The molecule has 0 spiro atoms. The van der Waals surface area contributed by atoms with Crippen LogP contribution in [0.25, 0.3) is 11.1 Å². The van der Waals surface area contributed by atoms with Crippen molar-refractivity contribution in [2.45, 2.75) is 33.7 Å². The van der Waals surface area contributed by atoms with Crippen molar-refractivity contribution < 1.29 is 4.39 Å². The van der Waals surface area contributed by atoms with Crippen molar-refractivity contribution in [3.8, 4) is 11.1 Å². The molecule has 0 radical (unpaired) electrons. The second-order valence-electron chi connectivity index (χ2n) is 5.36. The molecule has 20 heavy (non-hydrogen) atoms. The number of halogens is 1. The van der Waals surface area contributed by atoms with E-state index in [2.05, 4.69) is 44.3 Å². The van der Waals surface area contributed by atoms with Gasteiger partial charge < -0.3 is 5.32 Å². The first kappa shape index (κ1) is 14.7. The van der Waals surface area contributed by atoms with Gasteiger partial charge in [0.1, 0.15) is 5.82 Å². The average Bonchev–Trinajstić information content (AvgIpc) is 2.39. The van der Waals surface area contributed by atoms with Gasteiger partial charge >= 0.3 is 0 Å². The van der Waals surface area contributed by atoms with Crippen molar-refractivity contribution in [3.05, 3.63) is 58.9 Å². The number of rotatable bonds is 5. The highest BCUT2D eigenvalue weighted by Crippen LogP contribution is 2.24. The lowest BCUT2D eigenvalue weighted by Gasteiger charge is -2.09. The number of aryl methyl sites for hydroxylation is 2. The number of nitrogens with one attached hydrogen (secondary N) is 1. The third kappa shape index (κ3) is 3.67. The van der Waals surface area contributed by atoms with Crippen LogP contribution in [-0.2, 0) is 6.54 Å². The highest BCUT2D eigenvalue weighted by Gasteiger charge is 2.06. The van der Waals surface area contributed by atoms with E-state index in [0.29, 0.717) is 6.54 Å². The third-order valence-corrected chi connectivity index (χ3v) is 3.35. The molecule has 2 aromatic carbocycles. The lowest BCUT2D eigenvalue weighted by Crippen LogP contribution is -2.14. The zero-order valence-corrected chi connectivity index (χ0v) is 12.5. The van der Waals surface area contributed by atoms with Crippen LogP contribution in [0.2, 0.25) is 0 Å². The van der Waals surface area contributed by atoms with Gasteiger partial charge in [-0.15, -0.1) is 0 Å². The molecule has 2 aromatic rings. The lowest BCUT2D eigenvalue weighted by atomic mass is 9.99. The molecule has 0 aliphatic rings. The van der Waals surface area contributed by atoms with Gasteiger partial charge in [-0.2, -0.15) is 0 Å². The summed E-state index contributed by atoms with van der Waals surface area (Å²) in [5.41, 5.74) is 5.15. The minimum atomic E-state index is -0.134. The summed E-state index contributed by atoms with van der Waals surface area (Å²) in [4.78, 5) is 0. The fourth-order valence-corrected chi connectivity index (χ4v) is 2.41. The van der Waals surface area contributed by atoms with E-state index in [1.54, 1.807) is 6.07 Å². The molecule has 0 unspecified atom stereocenters. The van der Waals surface area contributed by atoms with Crippen molar-refractivity contribution in [2.75, 3.05) is 6.54 Å². The van der Waals surface area contributed by atoms with Crippen molar-refractivity contribution in [2.24, 2.45) is 0 Å². The fraction of sp³-hybridized carbons (Fsp3) is 0.333. The van der Waals surface area contributed by atoms with E-state index in [4.69, 9.17) is 0 Å². The van der Waals surface area contributed by atoms with Crippen molar-refractivity contribution in [1.29, 1.82) is 0 Å². The molecule has 0 atom stereocenters. The van der Waals surface area contributed by atoms with Crippen molar-refractivity contribution >= 4 is 0 Å². The van der Waals surface area contributed by atoms with Crippen LogP contribution >= 0.6 is 0 Å². The molecule has 0 heterocycles. The summed E-state index contributed by atoms with van der Waals surface area (Å²) in [6, 6.07) is 11.8. The monoisotopic (exact) mass is 271 g/mol. The van der Waals surface area contributed by atoms with Crippen molar-refractivity contribution in [3.63, 3.8) is 0 Å². The molecule has 0 bridgehead atoms. The van der Waals surface area contributed by atoms with Gasteiger partial charge in [0.15, 0.2) is 0 Å². The van der Waals surface area contributed by atoms with Gasteiger partial charge in [-0.05, 0) is 44.0 Å². The molecule has 0 amide bonds. The Morgan fingerprint density at radius 2 is 1.65 bits per heavy atom. The van der Waals surface area contributed by atoms with Gasteiger partial charge in [-0.3, -0.25) is 0 Å². The summed E-state index contributed by atoms with van der Waals surface area (Å²) in [5.74, 6) is -0.134. The maximum absolute atomic E-state index is 14.1. The Kier molecular flexibility index (Phi) is 4.91. The smallest absolute Gasteiger partial charge is 0.128 e. The van der Waals surface area contributed by atoms with E-state index < -0.39 is 0 Å². The molecular formula is C18H22FN. The molecule has 2 rings (SSSR count). The second kappa shape index (κ2) is 6.67. The molecule has 0 saturated heterocycles. The third-order valence-electron chi connectivity index (χ3n) is 3.35. The van der Waals surface area contributed by atoms with E-state index in [1.807, 2.05) is 12.1 Å². The number of benzene rings is 2. The van der Waals surface area contributed by atoms with Gasteiger partial charge in [0.2, 0.25) is 0 Å². The predicted molar refractivity (Wildman–Crippen MR) is 83.3 cm³/mol. The Hall–Kier alpha value is -1.67. The summed E-state index contributed by atoms with van der Waals surface area (Å²) in [5, 5.41) is 3.23. The number of hydrogen-bond acceptors (Lipinski definition) is 1. The fourth-order valence-electron chi connectivity index (χ4n) is 2.41. The van der Waals surface area contributed by atoms with E-state index in [-0.39, 0.29) is 5.82 Å². The first-order valence-corrected chi connectivity index (χ1v) is 7.18. The maximum atomic E-state index is 14.1. The molecule has 106 valence electrons. The minimum Gasteiger partial charge on any atom is -0.313 e. The topological polar surface area (TPSA) is 12.0 Å². The van der Waals surface area contributed by atoms with Gasteiger partial charge in [0.05, 0.1) is 0 Å². The summed E-state index contributed by atoms with van der Waals surface area (Å²) in [6.45, 7) is 7.74. The van der Waals surface area contributed by atoms with E-state index in [0.717, 1.165) is 29.7 Å². The zero-order chi connectivity index (χ0) is 14.5. The molecule has 1 nitrogen and oxygen atoms in total. The summed E-state index contributed by atoms with van der Waals surface area (Å²) >= 11 is 0. The predicted octanol–water partition coefficient (Wildman–Crippen LogP) is 4.61. The van der Waals surface area contributed by atoms with Crippen LogP contribution in [0.1, 0.15) is 30.0 Å². The van der Waals surface area contributed by atoms with Gasteiger partial charge in [0, 0.05) is 12.1 Å². The molecule has 0 aromatic heterocycles. The summed E-state index contributed by atoms with van der Waals surface area (Å²) in [6.07, 6.45) is 1.06. The summed E-state index contributed by atoms with van der Waals surface area (Å²) < 4.78 is 14.1. The molecular weight excluding hydrogens is 249 g/mol. The Bertz CT molecular complexity index is 570. The Labute approximate surface area is 120 Å². The van der Waals surface area contributed by atoms with Crippen LogP contribution in [0.15, 0.2) is 36.4 Å². The first-order valence-electron chi connectivity index (χ1n) is 7.18. The Morgan fingerprint density at radius 3 is 2.25 bits per heavy atom. The standard InChI is InChI=1S/C18H22FN/c1-4-7-20-12-16-6-5-15(11-18(16)19)17-9-13(2)8-14(3)10-17/h5-6,8-11,20H,4,7,12H2,1-3H3. The number of hydrogen-bond donors (Lipinski definition) is 1. The van der Waals surface area contributed by atoms with Gasteiger partial charge in [0.25, 0.3) is 0 Å². The second-order valence-corrected chi connectivity index (χ2v) is 5.36. The molecule has 0 saturated carbocycles. The van der Waals surface area contributed by atoms with Crippen LogP contribution in [0.4, 0.5) is 4.39 Å². The van der Waals surface area contributed by atoms with Gasteiger partial charge in [-0.25, -0.2) is 4.39 Å². The highest BCUT2D eigenvalue weighted by atomic mass is 19.1. The minimum absolute atomic E-state index is 0.134. The van der Waals surface area contributed by atoms with Crippen LogP contribution in [0, 0.1) is 19.7 Å². The van der Waals surface area contributed by atoms with Crippen LogP contribution in [0.5, 0.6) is 0 Å². The lowest BCUT2D eigenvalue weighted by molar-refractivity contribution is 0.587.